The molecule has 0 saturated heterocycles. The van der Waals surface area contributed by atoms with Crippen molar-refractivity contribution in [2.75, 3.05) is 5.32 Å². The molecular weight excluding hydrogens is 338 g/mol. The average Bonchev–Trinajstić information content (AvgIpc) is 3.20. The van der Waals surface area contributed by atoms with Crippen molar-refractivity contribution in [1.29, 1.82) is 0 Å². The van der Waals surface area contributed by atoms with Crippen LogP contribution in [0.2, 0.25) is 0 Å². The average molecular weight is 355 g/mol. The lowest BCUT2D eigenvalue weighted by atomic mass is 10.1. The van der Waals surface area contributed by atoms with Gasteiger partial charge in [-0.15, -0.1) is 0 Å². The van der Waals surface area contributed by atoms with Crippen LogP contribution in [0.3, 0.4) is 0 Å². The number of carbonyl (C=O) groups excluding carboxylic acids is 1. The van der Waals surface area contributed by atoms with Crippen LogP contribution in [0.1, 0.15) is 15.9 Å². The van der Waals surface area contributed by atoms with Gasteiger partial charge < -0.3 is 9.84 Å². The van der Waals surface area contributed by atoms with Crippen LogP contribution in [-0.4, -0.2) is 16.0 Å². The molecule has 5 heteroatoms. The van der Waals surface area contributed by atoms with Crippen LogP contribution in [0.5, 0.6) is 0 Å². The van der Waals surface area contributed by atoms with Gasteiger partial charge in [0.1, 0.15) is 0 Å². The van der Waals surface area contributed by atoms with Gasteiger partial charge in [0, 0.05) is 11.3 Å². The quantitative estimate of drug-likeness (QED) is 0.561. The zero-order chi connectivity index (χ0) is 18.6. The van der Waals surface area contributed by atoms with Crippen molar-refractivity contribution in [2.45, 2.75) is 6.92 Å². The molecule has 0 fully saturated rings. The van der Waals surface area contributed by atoms with Crippen LogP contribution in [0.25, 0.3) is 22.8 Å². The molecule has 0 aliphatic rings. The van der Waals surface area contributed by atoms with Crippen molar-refractivity contribution in [1.82, 2.24) is 10.1 Å². The summed E-state index contributed by atoms with van der Waals surface area (Å²) >= 11 is 0. The second-order valence-corrected chi connectivity index (χ2v) is 6.10. The molecule has 0 saturated carbocycles. The molecule has 0 aliphatic heterocycles. The van der Waals surface area contributed by atoms with Gasteiger partial charge in [0.25, 0.3) is 11.8 Å². The normalized spacial score (nSPS) is 10.6. The van der Waals surface area contributed by atoms with Gasteiger partial charge in [-0.3, -0.25) is 4.79 Å². The molecule has 0 atom stereocenters. The molecule has 0 aliphatic carbocycles. The number of rotatable bonds is 4. The van der Waals surface area contributed by atoms with E-state index in [0.717, 1.165) is 16.8 Å². The first kappa shape index (κ1) is 16.7. The lowest BCUT2D eigenvalue weighted by molar-refractivity contribution is 0.102. The van der Waals surface area contributed by atoms with E-state index < -0.39 is 0 Å². The molecule has 1 heterocycles. The molecule has 3 aromatic carbocycles. The Morgan fingerprint density at radius 1 is 0.889 bits per heavy atom. The van der Waals surface area contributed by atoms with E-state index in [1.165, 1.54) is 0 Å². The first-order valence-electron chi connectivity index (χ1n) is 8.58. The van der Waals surface area contributed by atoms with Crippen molar-refractivity contribution in [3.05, 3.63) is 90.0 Å². The lowest BCUT2D eigenvalue weighted by Crippen LogP contribution is -2.13. The minimum Gasteiger partial charge on any atom is -0.334 e. The van der Waals surface area contributed by atoms with Gasteiger partial charge in [0.2, 0.25) is 5.82 Å². The summed E-state index contributed by atoms with van der Waals surface area (Å²) in [6.07, 6.45) is 0. The second-order valence-electron chi connectivity index (χ2n) is 6.10. The lowest BCUT2D eigenvalue weighted by Gasteiger charge is -2.09. The standard InChI is InChI=1S/C22H17N3O2/c1-15-9-5-8-14-19(15)23-21(26)17-12-6-7-13-18(17)22-24-20(25-27-22)16-10-3-2-4-11-16/h2-14H,1H3,(H,23,26). The zero-order valence-corrected chi connectivity index (χ0v) is 14.7. The number of anilines is 1. The predicted molar refractivity (Wildman–Crippen MR) is 104 cm³/mol. The van der Waals surface area contributed by atoms with Crippen LogP contribution in [0.15, 0.2) is 83.4 Å². The minimum atomic E-state index is -0.223. The second kappa shape index (κ2) is 7.25. The minimum absolute atomic E-state index is 0.223. The molecule has 0 spiro atoms. The number of aryl methyl sites for hydroxylation is 1. The number of amides is 1. The highest BCUT2D eigenvalue weighted by Crippen LogP contribution is 2.26. The Labute approximate surface area is 156 Å². The van der Waals surface area contributed by atoms with Crippen LogP contribution in [0, 0.1) is 6.92 Å². The summed E-state index contributed by atoms with van der Waals surface area (Å²) in [6.45, 7) is 1.95. The first-order valence-corrected chi connectivity index (χ1v) is 8.58. The van der Waals surface area contributed by atoms with Gasteiger partial charge in [-0.05, 0) is 30.7 Å². The van der Waals surface area contributed by atoms with Gasteiger partial charge in [0.05, 0.1) is 11.1 Å². The fourth-order valence-electron chi connectivity index (χ4n) is 2.81. The summed E-state index contributed by atoms with van der Waals surface area (Å²) < 4.78 is 5.43. The van der Waals surface area contributed by atoms with Crippen molar-refractivity contribution >= 4 is 11.6 Å². The van der Waals surface area contributed by atoms with Crippen molar-refractivity contribution < 1.29 is 9.32 Å². The maximum atomic E-state index is 12.8. The summed E-state index contributed by atoms with van der Waals surface area (Å²) in [5, 5.41) is 6.99. The van der Waals surface area contributed by atoms with E-state index in [1.807, 2.05) is 73.7 Å². The van der Waals surface area contributed by atoms with Crippen molar-refractivity contribution in [3.8, 4) is 22.8 Å². The van der Waals surface area contributed by atoms with Gasteiger partial charge in [0.15, 0.2) is 0 Å². The van der Waals surface area contributed by atoms with Gasteiger partial charge in [-0.1, -0.05) is 65.8 Å². The molecule has 0 unspecified atom stereocenters. The number of nitrogens with one attached hydrogen (secondary N) is 1. The van der Waals surface area contributed by atoms with Gasteiger partial charge in [-0.25, -0.2) is 0 Å². The molecule has 4 rings (SSSR count). The monoisotopic (exact) mass is 355 g/mol. The summed E-state index contributed by atoms with van der Waals surface area (Å²) in [4.78, 5) is 17.3. The highest BCUT2D eigenvalue weighted by atomic mass is 16.5. The van der Waals surface area contributed by atoms with Crippen molar-refractivity contribution in [3.63, 3.8) is 0 Å². The van der Waals surface area contributed by atoms with E-state index in [4.69, 9.17) is 4.52 Å². The van der Waals surface area contributed by atoms with E-state index in [0.29, 0.717) is 22.8 Å². The summed E-state index contributed by atoms with van der Waals surface area (Å²) in [6, 6.07) is 24.4. The predicted octanol–water partition coefficient (Wildman–Crippen LogP) is 4.96. The largest absolute Gasteiger partial charge is 0.334 e. The van der Waals surface area contributed by atoms with Crippen LogP contribution < -0.4 is 5.32 Å². The summed E-state index contributed by atoms with van der Waals surface area (Å²) in [5.74, 6) is 0.573. The van der Waals surface area contributed by atoms with Crippen LogP contribution in [-0.2, 0) is 0 Å². The third-order valence-electron chi connectivity index (χ3n) is 4.25. The third-order valence-corrected chi connectivity index (χ3v) is 4.25. The Morgan fingerprint density at radius 2 is 1.59 bits per heavy atom. The molecule has 1 aromatic heterocycles. The maximum absolute atomic E-state index is 12.8. The highest BCUT2D eigenvalue weighted by molar-refractivity contribution is 6.08. The molecule has 5 nitrogen and oxygen atoms in total. The fraction of sp³-hybridized carbons (Fsp3) is 0.0455. The molecule has 0 bridgehead atoms. The highest BCUT2D eigenvalue weighted by Gasteiger charge is 2.18. The number of carbonyl (C=O) groups is 1. The number of para-hydroxylation sites is 1. The Kier molecular flexibility index (Phi) is 4.49. The van der Waals surface area contributed by atoms with E-state index in [1.54, 1.807) is 12.1 Å². The summed E-state index contributed by atoms with van der Waals surface area (Å²) in [5.41, 5.74) is 3.69. The van der Waals surface area contributed by atoms with Gasteiger partial charge >= 0.3 is 0 Å². The first-order chi connectivity index (χ1) is 13.2. The van der Waals surface area contributed by atoms with Crippen LogP contribution >= 0.6 is 0 Å². The van der Waals surface area contributed by atoms with Gasteiger partial charge in [-0.2, -0.15) is 4.98 Å². The Morgan fingerprint density at radius 3 is 2.41 bits per heavy atom. The molecule has 0 radical (unpaired) electrons. The number of benzene rings is 3. The number of nitrogens with zero attached hydrogens (tertiary/aromatic N) is 2. The molecule has 1 N–H and O–H groups in total. The van der Waals surface area contributed by atoms with E-state index in [-0.39, 0.29) is 5.91 Å². The number of hydrogen-bond donors (Lipinski definition) is 1. The molecule has 1 amide bonds. The summed E-state index contributed by atoms with van der Waals surface area (Å²) in [7, 11) is 0. The number of hydrogen-bond acceptors (Lipinski definition) is 4. The number of aromatic nitrogens is 2. The topological polar surface area (TPSA) is 68.0 Å². The van der Waals surface area contributed by atoms with Crippen molar-refractivity contribution in [2.24, 2.45) is 0 Å². The van der Waals surface area contributed by atoms with E-state index in [2.05, 4.69) is 15.5 Å². The zero-order valence-electron chi connectivity index (χ0n) is 14.7. The Balaban J connectivity index is 1.67. The van der Waals surface area contributed by atoms with Crippen LogP contribution in [0.4, 0.5) is 5.69 Å². The molecule has 132 valence electrons. The van der Waals surface area contributed by atoms with E-state index >= 15 is 0 Å². The SMILES string of the molecule is Cc1ccccc1NC(=O)c1ccccc1-c1nc(-c2ccccc2)no1. The molecular formula is C22H17N3O2. The Bertz CT molecular complexity index is 1090. The molecule has 27 heavy (non-hydrogen) atoms. The Hall–Kier alpha value is -3.73. The maximum Gasteiger partial charge on any atom is 0.259 e. The third kappa shape index (κ3) is 3.48. The smallest absolute Gasteiger partial charge is 0.259 e. The molecule has 4 aromatic rings. The van der Waals surface area contributed by atoms with E-state index in [9.17, 15) is 4.79 Å². The fourth-order valence-corrected chi connectivity index (χ4v) is 2.81.